The Labute approximate surface area is 126 Å². The Kier molecular flexibility index (Phi) is 4.48. The van der Waals surface area contributed by atoms with Crippen LogP contribution in [0.2, 0.25) is 0 Å². The highest BCUT2D eigenvalue weighted by Gasteiger charge is 2.46. The summed E-state index contributed by atoms with van der Waals surface area (Å²) >= 11 is 0. The summed E-state index contributed by atoms with van der Waals surface area (Å²) in [6.07, 6.45) is 9.25. The molecule has 3 fully saturated rings. The number of nitrogens with one attached hydrogen (secondary N) is 1. The lowest BCUT2D eigenvalue weighted by Crippen LogP contribution is -2.55. The van der Waals surface area contributed by atoms with Gasteiger partial charge in [-0.05, 0) is 25.7 Å². The third-order valence-electron chi connectivity index (χ3n) is 5.16. The quantitative estimate of drug-likeness (QED) is 0.857. The molecule has 1 heterocycles. The number of carbonyl (C=O) groups excluding carboxylic acids is 2. The zero-order valence-corrected chi connectivity index (χ0v) is 12.7. The second-order valence-corrected chi connectivity index (χ2v) is 6.66. The van der Waals surface area contributed by atoms with Crippen LogP contribution in [0.4, 0.5) is 0 Å². The Balaban J connectivity index is 1.57. The molecule has 2 amide bonds. The molecule has 118 valence electrons. The molecule has 0 aromatic heterocycles. The van der Waals surface area contributed by atoms with Crippen LogP contribution in [0, 0.1) is 0 Å². The van der Waals surface area contributed by atoms with E-state index in [-0.39, 0.29) is 11.8 Å². The fraction of sp³-hybridized carbons (Fsp3) is 0.875. The van der Waals surface area contributed by atoms with Crippen molar-refractivity contribution >= 4 is 11.8 Å². The zero-order chi connectivity index (χ0) is 14.7. The lowest BCUT2D eigenvalue weighted by Gasteiger charge is -2.31. The minimum atomic E-state index is -0.610. The molecule has 0 aromatic rings. The van der Waals surface area contributed by atoms with Crippen LogP contribution in [-0.2, 0) is 14.3 Å². The smallest absolute Gasteiger partial charge is 0.248 e. The topological polar surface area (TPSA) is 58.6 Å². The van der Waals surface area contributed by atoms with Crippen LogP contribution in [0.5, 0.6) is 0 Å². The molecule has 0 bridgehead atoms. The Morgan fingerprint density at radius 3 is 2.57 bits per heavy atom. The van der Waals surface area contributed by atoms with E-state index >= 15 is 0 Å². The first kappa shape index (κ1) is 14.8. The van der Waals surface area contributed by atoms with Crippen LogP contribution < -0.4 is 5.32 Å². The van der Waals surface area contributed by atoms with Crippen LogP contribution in [0.25, 0.3) is 0 Å². The van der Waals surface area contributed by atoms with Gasteiger partial charge < -0.3 is 15.0 Å². The molecule has 1 spiro atoms. The summed E-state index contributed by atoms with van der Waals surface area (Å²) < 4.78 is 5.87. The van der Waals surface area contributed by atoms with Gasteiger partial charge in [0.25, 0.3) is 0 Å². The maximum Gasteiger partial charge on any atom is 0.248 e. The van der Waals surface area contributed by atoms with E-state index in [1.807, 2.05) is 4.90 Å². The number of amides is 2. The second-order valence-electron chi connectivity index (χ2n) is 6.66. The van der Waals surface area contributed by atoms with Crippen LogP contribution >= 0.6 is 0 Å². The van der Waals surface area contributed by atoms with Gasteiger partial charge in [0.1, 0.15) is 5.54 Å². The third kappa shape index (κ3) is 3.23. The van der Waals surface area contributed by atoms with Gasteiger partial charge in [0.05, 0.1) is 12.7 Å². The Bertz CT molecular complexity index is 398. The fourth-order valence-electron chi connectivity index (χ4n) is 3.94. The highest BCUT2D eigenvalue weighted by molar-refractivity contribution is 5.93. The number of carbonyl (C=O) groups is 2. The maximum atomic E-state index is 12.8. The van der Waals surface area contributed by atoms with E-state index in [0.29, 0.717) is 32.2 Å². The lowest BCUT2D eigenvalue weighted by molar-refractivity contribution is -0.139. The van der Waals surface area contributed by atoms with Crippen molar-refractivity contribution in [2.45, 2.75) is 69.4 Å². The summed E-state index contributed by atoms with van der Waals surface area (Å²) in [5, 5.41) is 2.99. The van der Waals surface area contributed by atoms with Crippen molar-refractivity contribution in [2.75, 3.05) is 19.7 Å². The molecule has 0 radical (unpaired) electrons. The van der Waals surface area contributed by atoms with E-state index in [2.05, 4.69) is 5.32 Å². The van der Waals surface area contributed by atoms with Gasteiger partial charge in [0.15, 0.2) is 0 Å². The van der Waals surface area contributed by atoms with E-state index in [0.717, 1.165) is 38.5 Å². The molecule has 21 heavy (non-hydrogen) atoms. The van der Waals surface area contributed by atoms with E-state index in [1.165, 1.54) is 12.8 Å². The van der Waals surface area contributed by atoms with Crippen molar-refractivity contribution in [2.24, 2.45) is 0 Å². The van der Waals surface area contributed by atoms with Crippen LogP contribution in [-0.4, -0.2) is 48.1 Å². The highest BCUT2D eigenvalue weighted by atomic mass is 16.5. The first-order valence-corrected chi connectivity index (χ1v) is 8.42. The summed E-state index contributed by atoms with van der Waals surface area (Å²) in [5.74, 6) is 0.130. The van der Waals surface area contributed by atoms with Gasteiger partial charge in [0.2, 0.25) is 11.8 Å². The number of hydrogen-bond acceptors (Lipinski definition) is 3. The second kappa shape index (κ2) is 6.34. The molecular formula is C16H26N2O3. The fourth-order valence-corrected chi connectivity index (χ4v) is 3.94. The number of nitrogens with zero attached hydrogens (tertiary/aromatic N) is 1. The first-order valence-electron chi connectivity index (χ1n) is 8.42. The van der Waals surface area contributed by atoms with Gasteiger partial charge in [-0.1, -0.05) is 25.7 Å². The van der Waals surface area contributed by atoms with E-state index in [1.54, 1.807) is 0 Å². The van der Waals surface area contributed by atoms with Crippen molar-refractivity contribution < 1.29 is 14.3 Å². The average Bonchev–Trinajstić information content (AvgIpc) is 3.11. The van der Waals surface area contributed by atoms with Crippen LogP contribution in [0.15, 0.2) is 0 Å². The molecule has 3 aliphatic rings. The first-order chi connectivity index (χ1) is 10.2. The van der Waals surface area contributed by atoms with Crippen molar-refractivity contribution in [3.05, 3.63) is 0 Å². The molecule has 0 atom stereocenters. The third-order valence-corrected chi connectivity index (χ3v) is 5.16. The average molecular weight is 294 g/mol. The summed E-state index contributed by atoms with van der Waals surface area (Å²) in [4.78, 5) is 26.5. The van der Waals surface area contributed by atoms with Crippen LogP contribution in [0.1, 0.15) is 57.8 Å². The molecule has 1 saturated heterocycles. The molecule has 0 aromatic carbocycles. The van der Waals surface area contributed by atoms with Gasteiger partial charge in [-0.25, -0.2) is 0 Å². The number of rotatable bonds is 4. The summed E-state index contributed by atoms with van der Waals surface area (Å²) in [6, 6.07) is 0. The lowest BCUT2D eigenvalue weighted by atomic mass is 9.96. The maximum absolute atomic E-state index is 12.8. The zero-order valence-electron chi connectivity index (χ0n) is 12.7. The van der Waals surface area contributed by atoms with Gasteiger partial charge >= 0.3 is 0 Å². The van der Waals surface area contributed by atoms with E-state index in [4.69, 9.17) is 4.74 Å². The highest BCUT2D eigenvalue weighted by Crippen LogP contribution is 2.33. The predicted octanol–water partition coefficient (Wildman–Crippen LogP) is 1.61. The molecule has 5 heteroatoms. The Hall–Kier alpha value is -1.10. The minimum Gasteiger partial charge on any atom is -0.376 e. The molecule has 0 unspecified atom stereocenters. The van der Waals surface area contributed by atoms with Crippen LogP contribution in [0.3, 0.4) is 0 Å². The summed E-state index contributed by atoms with van der Waals surface area (Å²) in [7, 11) is 0. The van der Waals surface area contributed by atoms with Gasteiger partial charge in [0, 0.05) is 19.5 Å². The molecule has 3 rings (SSSR count). The normalized spacial score (nSPS) is 26.4. The molecular weight excluding hydrogens is 268 g/mol. The van der Waals surface area contributed by atoms with Gasteiger partial charge in [-0.2, -0.15) is 0 Å². The number of ether oxygens (including phenoxy) is 1. The van der Waals surface area contributed by atoms with Crippen molar-refractivity contribution in [1.82, 2.24) is 10.2 Å². The Morgan fingerprint density at radius 2 is 1.86 bits per heavy atom. The van der Waals surface area contributed by atoms with Gasteiger partial charge in [-0.3, -0.25) is 9.59 Å². The van der Waals surface area contributed by atoms with E-state index in [9.17, 15) is 9.59 Å². The van der Waals surface area contributed by atoms with Crippen molar-refractivity contribution in [1.29, 1.82) is 0 Å². The predicted molar refractivity (Wildman–Crippen MR) is 78.7 cm³/mol. The number of hydrogen-bond donors (Lipinski definition) is 1. The molecule has 2 aliphatic carbocycles. The standard InChI is InChI=1S/C16H26N2O3/c19-14-7-10-18(11-12-21-13-5-1-2-6-13)15(20)16(17-14)8-3-4-9-16/h13H,1-12H2,(H,17,19). The monoisotopic (exact) mass is 294 g/mol. The summed E-state index contributed by atoms with van der Waals surface area (Å²) in [5.41, 5.74) is -0.610. The van der Waals surface area contributed by atoms with E-state index < -0.39 is 5.54 Å². The van der Waals surface area contributed by atoms with Gasteiger partial charge in [-0.15, -0.1) is 0 Å². The van der Waals surface area contributed by atoms with Crippen molar-refractivity contribution in [3.8, 4) is 0 Å². The van der Waals surface area contributed by atoms with Crippen molar-refractivity contribution in [3.63, 3.8) is 0 Å². The minimum absolute atomic E-state index is 0.0180. The largest absolute Gasteiger partial charge is 0.376 e. The SMILES string of the molecule is O=C1CCN(CCOC2CCCC2)C(=O)C2(CCCC2)N1. The Morgan fingerprint density at radius 1 is 1.14 bits per heavy atom. The molecule has 2 saturated carbocycles. The summed E-state index contributed by atoms with van der Waals surface area (Å²) in [6.45, 7) is 1.74. The molecule has 5 nitrogen and oxygen atoms in total. The molecule has 1 aliphatic heterocycles. The molecule has 1 N–H and O–H groups in total.